The Kier molecular flexibility index (Phi) is 8.04. The van der Waals surface area contributed by atoms with Crippen molar-refractivity contribution in [1.82, 2.24) is 20.3 Å². The van der Waals surface area contributed by atoms with Gasteiger partial charge in [-0.25, -0.2) is 4.68 Å². The first kappa shape index (κ1) is 27.4. The molecule has 0 fully saturated rings. The van der Waals surface area contributed by atoms with E-state index in [-0.39, 0.29) is 12.5 Å². The highest BCUT2D eigenvalue weighted by molar-refractivity contribution is 6.03. The smallest absolute Gasteiger partial charge is 0.249 e. The van der Waals surface area contributed by atoms with E-state index < -0.39 is 17.5 Å². The molecule has 39 heavy (non-hydrogen) atoms. The predicted octanol–water partition coefficient (Wildman–Crippen LogP) is 4.15. The SMILES string of the molecule is COc1cccc(C(C(=O)NC(C)(C)C)N(C(=O)Cn2nnc3ccccc32)c2cc(OC)ccc2OC)c1. The number of hydrogen-bond acceptors (Lipinski definition) is 7. The van der Waals surface area contributed by atoms with Crippen LogP contribution in [0.5, 0.6) is 17.2 Å². The predicted molar refractivity (Wildman–Crippen MR) is 148 cm³/mol. The van der Waals surface area contributed by atoms with E-state index >= 15 is 0 Å². The van der Waals surface area contributed by atoms with Gasteiger partial charge in [0, 0.05) is 11.6 Å². The first-order valence-electron chi connectivity index (χ1n) is 12.4. The van der Waals surface area contributed by atoms with Gasteiger partial charge in [0.25, 0.3) is 0 Å². The summed E-state index contributed by atoms with van der Waals surface area (Å²) < 4.78 is 18.1. The van der Waals surface area contributed by atoms with Crippen LogP contribution in [0.3, 0.4) is 0 Å². The molecule has 1 unspecified atom stereocenters. The molecule has 0 spiro atoms. The van der Waals surface area contributed by atoms with Crippen molar-refractivity contribution in [2.45, 2.75) is 38.9 Å². The van der Waals surface area contributed by atoms with Crippen molar-refractivity contribution in [3.63, 3.8) is 0 Å². The number of hydrogen-bond donors (Lipinski definition) is 1. The number of benzene rings is 3. The van der Waals surface area contributed by atoms with Crippen LogP contribution < -0.4 is 24.4 Å². The van der Waals surface area contributed by atoms with E-state index in [0.29, 0.717) is 39.5 Å². The Balaban J connectivity index is 1.92. The number of amides is 2. The number of methoxy groups -OCH3 is 3. The van der Waals surface area contributed by atoms with Gasteiger partial charge in [-0.1, -0.05) is 29.5 Å². The van der Waals surface area contributed by atoms with E-state index in [0.717, 1.165) is 0 Å². The van der Waals surface area contributed by atoms with Crippen LogP contribution in [0, 0.1) is 0 Å². The van der Waals surface area contributed by atoms with Crippen molar-refractivity contribution in [2.75, 3.05) is 26.2 Å². The Morgan fingerprint density at radius 1 is 0.923 bits per heavy atom. The lowest BCUT2D eigenvalue weighted by molar-refractivity contribution is -0.128. The average Bonchev–Trinajstić information content (AvgIpc) is 3.32. The molecule has 1 N–H and O–H groups in total. The van der Waals surface area contributed by atoms with Gasteiger partial charge in [-0.3, -0.25) is 14.5 Å². The number of aromatic nitrogens is 3. The lowest BCUT2D eigenvalue weighted by Crippen LogP contribution is -2.50. The fourth-order valence-electron chi connectivity index (χ4n) is 4.31. The minimum atomic E-state index is -1.08. The third-order valence-electron chi connectivity index (χ3n) is 6.03. The molecule has 2 amide bonds. The molecular weight excluding hydrogens is 498 g/mol. The highest BCUT2D eigenvalue weighted by atomic mass is 16.5. The second-order valence-electron chi connectivity index (χ2n) is 9.96. The summed E-state index contributed by atoms with van der Waals surface area (Å²) in [4.78, 5) is 29.7. The van der Waals surface area contributed by atoms with Gasteiger partial charge in [0.1, 0.15) is 35.4 Å². The number of anilines is 1. The van der Waals surface area contributed by atoms with E-state index in [1.165, 1.54) is 23.8 Å². The van der Waals surface area contributed by atoms with E-state index in [1.807, 2.05) is 45.0 Å². The fraction of sp³-hybridized carbons (Fsp3) is 0.310. The summed E-state index contributed by atoms with van der Waals surface area (Å²) in [6, 6.07) is 18.5. The molecule has 4 aromatic rings. The van der Waals surface area contributed by atoms with Crippen LogP contribution in [-0.2, 0) is 16.1 Å². The summed E-state index contributed by atoms with van der Waals surface area (Å²) in [6.45, 7) is 5.47. The molecular formula is C29H33N5O5. The quantitative estimate of drug-likeness (QED) is 0.346. The molecule has 3 aromatic carbocycles. The highest BCUT2D eigenvalue weighted by Gasteiger charge is 2.36. The van der Waals surface area contributed by atoms with Gasteiger partial charge in [-0.2, -0.15) is 0 Å². The molecule has 1 atom stereocenters. The summed E-state index contributed by atoms with van der Waals surface area (Å²) in [5.74, 6) is 0.652. The summed E-state index contributed by atoms with van der Waals surface area (Å²) >= 11 is 0. The number of nitrogens with zero attached hydrogens (tertiary/aromatic N) is 4. The number of nitrogens with one attached hydrogen (secondary N) is 1. The van der Waals surface area contributed by atoms with Gasteiger partial charge in [0.2, 0.25) is 11.8 Å². The fourth-order valence-corrected chi connectivity index (χ4v) is 4.31. The van der Waals surface area contributed by atoms with Crippen molar-refractivity contribution >= 4 is 28.5 Å². The Morgan fingerprint density at radius 2 is 1.64 bits per heavy atom. The Bertz CT molecular complexity index is 1480. The molecule has 1 heterocycles. The van der Waals surface area contributed by atoms with Crippen molar-refractivity contribution in [3.05, 3.63) is 72.3 Å². The van der Waals surface area contributed by atoms with Crippen LogP contribution >= 0.6 is 0 Å². The molecule has 0 aliphatic carbocycles. The molecule has 1 aromatic heterocycles. The van der Waals surface area contributed by atoms with E-state index in [4.69, 9.17) is 14.2 Å². The number of rotatable bonds is 9. The lowest BCUT2D eigenvalue weighted by Gasteiger charge is -2.34. The maximum atomic E-state index is 14.3. The largest absolute Gasteiger partial charge is 0.497 e. The zero-order chi connectivity index (χ0) is 28.2. The standard InChI is InChI=1S/C29H33N5O5/c1-29(2,3)30-28(36)27(19-10-9-11-20(16-19)37-4)34(24-17-21(38-5)14-15-25(24)39-6)26(35)18-33-23-13-8-7-12-22(23)31-32-33/h7-17,27H,18H2,1-6H3,(H,30,36). The van der Waals surface area contributed by atoms with Crippen LogP contribution in [-0.4, -0.2) is 53.7 Å². The number of fused-ring (bicyclic) bond motifs is 1. The van der Waals surface area contributed by atoms with Gasteiger partial charge >= 0.3 is 0 Å². The lowest BCUT2D eigenvalue weighted by atomic mass is 10.00. The van der Waals surface area contributed by atoms with Crippen LogP contribution in [0.1, 0.15) is 32.4 Å². The molecule has 0 radical (unpaired) electrons. The molecule has 204 valence electrons. The monoisotopic (exact) mass is 531 g/mol. The summed E-state index contributed by atoms with van der Waals surface area (Å²) in [5, 5.41) is 11.4. The van der Waals surface area contributed by atoms with Crippen molar-refractivity contribution in [2.24, 2.45) is 0 Å². The maximum absolute atomic E-state index is 14.3. The van der Waals surface area contributed by atoms with E-state index in [1.54, 1.807) is 49.6 Å². The van der Waals surface area contributed by atoms with Gasteiger partial charge in [0.05, 0.1) is 32.5 Å². The molecule has 0 saturated heterocycles. The minimum Gasteiger partial charge on any atom is -0.497 e. The normalized spacial score (nSPS) is 12.1. The summed E-state index contributed by atoms with van der Waals surface area (Å²) in [7, 11) is 4.59. The zero-order valence-corrected chi connectivity index (χ0v) is 23.0. The topological polar surface area (TPSA) is 108 Å². The number of carbonyl (C=O) groups excluding carboxylic acids is 2. The van der Waals surface area contributed by atoms with Crippen molar-refractivity contribution < 1.29 is 23.8 Å². The van der Waals surface area contributed by atoms with Crippen LogP contribution in [0.25, 0.3) is 11.0 Å². The van der Waals surface area contributed by atoms with Crippen LogP contribution in [0.15, 0.2) is 66.7 Å². The second-order valence-corrected chi connectivity index (χ2v) is 9.96. The maximum Gasteiger partial charge on any atom is 0.249 e. The Labute approximate surface area is 227 Å². The van der Waals surface area contributed by atoms with Crippen LogP contribution in [0.2, 0.25) is 0 Å². The van der Waals surface area contributed by atoms with E-state index in [2.05, 4.69) is 15.6 Å². The molecule has 0 aliphatic rings. The number of ether oxygens (including phenoxy) is 3. The zero-order valence-electron chi connectivity index (χ0n) is 23.0. The number of carbonyl (C=O) groups is 2. The van der Waals surface area contributed by atoms with Crippen molar-refractivity contribution in [3.8, 4) is 17.2 Å². The highest BCUT2D eigenvalue weighted by Crippen LogP contribution is 2.38. The molecule has 10 nitrogen and oxygen atoms in total. The second kappa shape index (κ2) is 11.4. The Morgan fingerprint density at radius 3 is 2.33 bits per heavy atom. The minimum absolute atomic E-state index is 0.176. The first-order valence-corrected chi connectivity index (χ1v) is 12.4. The molecule has 0 bridgehead atoms. The van der Waals surface area contributed by atoms with Gasteiger partial charge in [-0.05, 0) is 62.7 Å². The van der Waals surface area contributed by atoms with Gasteiger partial charge in [0.15, 0.2) is 0 Å². The molecule has 10 heteroatoms. The summed E-state index contributed by atoms with van der Waals surface area (Å²) in [6.07, 6.45) is 0. The molecule has 4 rings (SSSR count). The van der Waals surface area contributed by atoms with E-state index in [9.17, 15) is 9.59 Å². The molecule has 0 aliphatic heterocycles. The van der Waals surface area contributed by atoms with Crippen LogP contribution in [0.4, 0.5) is 5.69 Å². The molecule has 0 saturated carbocycles. The first-order chi connectivity index (χ1) is 18.6. The third kappa shape index (κ3) is 6.11. The van der Waals surface area contributed by atoms with Gasteiger partial charge < -0.3 is 19.5 Å². The summed E-state index contributed by atoms with van der Waals surface area (Å²) in [5.41, 5.74) is 1.70. The van der Waals surface area contributed by atoms with Crippen molar-refractivity contribution in [1.29, 1.82) is 0 Å². The Hall–Kier alpha value is -4.60. The number of para-hydroxylation sites is 1. The average molecular weight is 532 g/mol. The van der Waals surface area contributed by atoms with Gasteiger partial charge in [-0.15, -0.1) is 5.10 Å². The third-order valence-corrected chi connectivity index (χ3v) is 6.03.